The molecule has 2 atom stereocenters. The fraction of sp³-hybridized carbons (Fsp3) is 0.467. The Hall–Kier alpha value is -1.49. The van der Waals surface area contributed by atoms with Crippen molar-refractivity contribution in [3.05, 3.63) is 30.3 Å². The van der Waals surface area contributed by atoms with Crippen LogP contribution in [0.1, 0.15) is 25.7 Å². The molecule has 1 aromatic carbocycles. The maximum absolute atomic E-state index is 11.9. The van der Waals surface area contributed by atoms with Crippen molar-refractivity contribution in [1.29, 1.82) is 0 Å². The number of carboxylic acids is 1. The minimum absolute atomic E-state index is 0.0861. The Balaban J connectivity index is 1.82. The standard InChI is InChI=1S/C15H19NO3S/c17-14(10-20-11-6-2-1-3-7-11)16-13-9-5-4-8-12(13)15(18)19/h1-3,6-7,12-13H,4-5,8-10H2,(H,16,17)(H,18,19)/t12-,13+/m1/s1. The lowest BCUT2D eigenvalue weighted by Crippen LogP contribution is -2.45. The van der Waals surface area contributed by atoms with Crippen LogP contribution in [0, 0.1) is 5.92 Å². The summed E-state index contributed by atoms with van der Waals surface area (Å²) in [5.41, 5.74) is 0. The molecule has 108 valence electrons. The number of carbonyl (C=O) groups is 2. The second-order valence-corrected chi connectivity index (χ2v) is 6.05. The van der Waals surface area contributed by atoms with Crippen LogP contribution in [-0.4, -0.2) is 28.8 Å². The van der Waals surface area contributed by atoms with E-state index in [4.69, 9.17) is 0 Å². The van der Waals surface area contributed by atoms with E-state index in [2.05, 4.69) is 5.32 Å². The van der Waals surface area contributed by atoms with Crippen molar-refractivity contribution in [3.63, 3.8) is 0 Å². The lowest BCUT2D eigenvalue weighted by Gasteiger charge is -2.29. The summed E-state index contributed by atoms with van der Waals surface area (Å²) >= 11 is 1.47. The highest BCUT2D eigenvalue weighted by atomic mass is 32.2. The van der Waals surface area contributed by atoms with Gasteiger partial charge in [-0.15, -0.1) is 11.8 Å². The quantitative estimate of drug-likeness (QED) is 0.819. The molecule has 1 aliphatic rings. The van der Waals surface area contributed by atoms with Crippen molar-refractivity contribution in [2.45, 2.75) is 36.6 Å². The Morgan fingerprint density at radius 3 is 2.60 bits per heavy atom. The monoisotopic (exact) mass is 293 g/mol. The average molecular weight is 293 g/mol. The van der Waals surface area contributed by atoms with E-state index in [0.717, 1.165) is 24.2 Å². The molecule has 0 aromatic heterocycles. The van der Waals surface area contributed by atoms with Crippen LogP contribution in [0.15, 0.2) is 35.2 Å². The van der Waals surface area contributed by atoms with E-state index in [-0.39, 0.29) is 11.9 Å². The summed E-state index contributed by atoms with van der Waals surface area (Å²) in [5, 5.41) is 12.1. The Morgan fingerprint density at radius 1 is 1.20 bits per heavy atom. The van der Waals surface area contributed by atoms with Crippen LogP contribution >= 0.6 is 11.8 Å². The van der Waals surface area contributed by atoms with Gasteiger partial charge in [-0.1, -0.05) is 31.0 Å². The summed E-state index contributed by atoms with van der Waals surface area (Å²) in [7, 11) is 0. The smallest absolute Gasteiger partial charge is 0.308 e. The third kappa shape index (κ3) is 4.27. The number of carbonyl (C=O) groups excluding carboxylic acids is 1. The van der Waals surface area contributed by atoms with E-state index in [0.29, 0.717) is 12.2 Å². The van der Waals surface area contributed by atoms with Crippen LogP contribution in [0.5, 0.6) is 0 Å². The Labute approximate surface area is 123 Å². The number of hydrogen-bond acceptors (Lipinski definition) is 3. The van der Waals surface area contributed by atoms with Gasteiger partial charge in [-0.25, -0.2) is 0 Å². The number of nitrogens with one attached hydrogen (secondary N) is 1. The van der Waals surface area contributed by atoms with Gasteiger partial charge in [0, 0.05) is 10.9 Å². The molecule has 0 radical (unpaired) electrons. The van der Waals surface area contributed by atoms with Crippen LogP contribution in [-0.2, 0) is 9.59 Å². The molecule has 0 saturated heterocycles. The fourth-order valence-electron chi connectivity index (χ4n) is 2.51. The molecule has 5 heteroatoms. The molecule has 0 spiro atoms. The second kappa shape index (κ2) is 7.33. The van der Waals surface area contributed by atoms with E-state index in [1.54, 1.807) is 0 Å². The molecule has 0 unspecified atom stereocenters. The summed E-state index contributed by atoms with van der Waals surface area (Å²) in [6.45, 7) is 0. The minimum atomic E-state index is -0.800. The first-order valence-corrected chi connectivity index (χ1v) is 7.85. The van der Waals surface area contributed by atoms with Gasteiger partial charge in [0.15, 0.2) is 0 Å². The Bertz CT molecular complexity index is 463. The Morgan fingerprint density at radius 2 is 1.90 bits per heavy atom. The molecule has 20 heavy (non-hydrogen) atoms. The van der Waals surface area contributed by atoms with E-state index < -0.39 is 11.9 Å². The van der Waals surface area contributed by atoms with Crippen LogP contribution < -0.4 is 5.32 Å². The van der Waals surface area contributed by atoms with Crippen LogP contribution in [0.25, 0.3) is 0 Å². The summed E-state index contributed by atoms with van der Waals surface area (Å²) < 4.78 is 0. The molecule has 2 N–H and O–H groups in total. The van der Waals surface area contributed by atoms with Gasteiger partial charge in [0.1, 0.15) is 0 Å². The van der Waals surface area contributed by atoms with Crippen LogP contribution in [0.3, 0.4) is 0 Å². The minimum Gasteiger partial charge on any atom is -0.481 e. The molecule has 0 heterocycles. The highest BCUT2D eigenvalue weighted by Crippen LogP contribution is 2.25. The van der Waals surface area contributed by atoms with Gasteiger partial charge in [-0.2, -0.15) is 0 Å². The summed E-state index contributed by atoms with van der Waals surface area (Å²) in [4.78, 5) is 24.1. The largest absolute Gasteiger partial charge is 0.481 e. The van der Waals surface area contributed by atoms with Crippen molar-refractivity contribution in [1.82, 2.24) is 5.32 Å². The third-order valence-corrected chi connectivity index (χ3v) is 4.55. The molecule has 2 rings (SSSR count). The second-order valence-electron chi connectivity index (χ2n) is 5.00. The zero-order chi connectivity index (χ0) is 14.4. The first-order valence-electron chi connectivity index (χ1n) is 6.87. The molecular weight excluding hydrogens is 274 g/mol. The number of thioether (sulfide) groups is 1. The maximum Gasteiger partial charge on any atom is 0.308 e. The molecule has 1 aliphatic carbocycles. The zero-order valence-electron chi connectivity index (χ0n) is 11.2. The van der Waals surface area contributed by atoms with Crippen molar-refractivity contribution in [2.24, 2.45) is 5.92 Å². The number of rotatable bonds is 5. The van der Waals surface area contributed by atoms with Crippen LogP contribution in [0.4, 0.5) is 0 Å². The molecule has 1 amide bonds. The lowest BCUT2D eigenvalue weighted by atomic mass is 9.84. The molecule has 1 aromatic rings. The van der Waals surface area contributed by atoms with Crippen molar-refractivity contribution >= 4 is 23.6 Å². The molecule has 1 fully saturated rings. The topological polar surface area (TPSA) is 66.4 Å². The SMILES string of the molecule is O=C(CSc1ccccc1)N[C@H]1CCCC[C@H]1C(=O)O. The number of benzene rings is 1. The average Bonchev–Trinajstić information content (AvgIpc) is 2.46. The van der Waals surface area contributed by atoms with Gasteiger partial charge in [0.2, 0.25) is 5.91 Å². The predicted octanol–water partition coefficient (Wildman–Crippen LogP) is 2.54. The normalized spacial score (nSPS) is 22.2. The van der Waals surface area contributed by atoms with Gasteiger partial charge in [-0.05, 0) is 25.0 Å². The fourth-order valence-corrected chi connectivity index (χ4v) is 3.24. The van der Waals surface area contributed by atoms with Gasteiger partial charge < -0.3 is 10.4 Å². The third-order valence-electron chi connectivity index (χ3n) is 3.54. The molecular formula is C15H19NO3S. The first kappa shape index (κ1) is 14.9. The van der Waals surface area contributed by atoms with Gasteiger partial charge in [-0.3, -0.25) is 9.59 Å². The van der Waals surface area contributed by atoms with Gasteiger partial charge in [0.05, 0.1) is 11.7 Å². The number of amides is 1. The predicted molar refractivity (Wildman–Crippen MR) is 78.7 cm³/mol. The van der Waals surface area contributed by atoms with E-state index in [9.17, 15) is 14.7 Å². The highest BCUT2D eigenvalue weighted by Gasteiger charge is 2.31. The van der Waals surface area contributed by atoms with Crippen molar-refractivity contribution < 1.29 is 14.7 Å². The van der Waals surface area contributed by atoms with Crippen molar-refractivity contribution in [2.75, 3.05) is 5.75 Å². The Kier molecular flexibility index (Phi) is 5.47. The van der Waals surface area contributed by atoms with E-state index in [1.807, 2.05) is 30.3 Å². The molecule has 1 saturated carbocycles. The number of carboxylic acid groups (broad SMARTS) is 1. The number of aliphatic carboxylic acids is 1. The van der Waals surface area contributed by atoms with E-state index in [1.165, 1.54) is 11.8 Å². The number of hydrogen-bond donors (Lipinski definition) is 2. The summed E-state index contributed by atoms with van der Waals surface area (Å²) in [6, 6.07) is 9.50. The van der Waals surface area contributed by atoms with Crippen molar-refractivity contribution in [3.8, 4) is 0 Å². The summed E-state index contributed by atoms with van der Waals surface area (Å²) in [5.74, 6) is -0.996. The van der Waals surface area contributed by atoms with Gasteiger partial charge in [0.25, 0.3) is 0 Å². The summed E-state index contributed by atoms with van der Waals surface area (Å²) in [6.07, 6.45) is 3.34. The first-order chi connectivity index (χ1) is 9.66. The molecule has 0 aliphatic heterocycles. The molecule has 4 nitrogen and oxygen atoms in total. The zero-order valence-corrected chi connectivity index (χ0v) is 12.1. The van der Waals surface area contributed by atoms with E-state index >= 15 is 0 Å². The highest BCUT2D eigenvalue weighted by molar-refractivity contribution is 8.00. The molecule has 0 bridgehead atoms. The van der Waals surface area contributed by atoms with Crippen LogP contribution in [0.2, 0.25) is 0 Å². The maximum atomic E-state index is 11.9. The lowest BCUT2D eigenvalue weighted by molar-refractivity contribution is -0.144. The van der Waals surface area contributed by atoms with Gasteiger partial charge >= 0.3 is 5.97 Å².